The predicted octanol–water partition coefficient (Wildman–Crippen LogP) is 1.14. The van der Waals surface area contributed by atoms with E-state index >= 15 is 0 Å². The molecule has 1 amide bonds. The lowest BCUT2D eigenvalue weighted by Crippen LogP contribution is -3.07. The Labute approximate surface area is 138 Å². The maximum atomic E-state index is 13.6. The summed E-state index contributed by atoms with van der Waals surface area (Å²) in [6.07, 6.45) is -4.87. The van der Waals surface area contributed by atoms with Crippen LogP contribution in [0.5, 0.6) is 0 Å². The van der Waals surface area contributed by atoms with Gasteiger partial charge in [0.2, 0.25) is 5.91 Å². The van der Waals surface area contributed by atoms with Gasteiger partial charge >= 0.3 is 17.8 Å². The highest BCUT2D eigenvalue weighted by Crippen LogP contribution is 2.26. The van der Waals surface area contributed by atoms with Gasteiger partial charge in [0.15, 0.2) is 0 Å². The van der Waals surface area contributed by atoms with Gasteiger partial charge in [-0.1, -0.05) is 37.3 Å². The largest absolute Gasteiger partial charge is 0.478 e. The third kappa shape index (κ3) is 4.95. The molecule has 24 heavy (non-hydrogen) atoms. The average molecular weight is 347 g/mol. The number of hydrogen-bond donors (Lipinski definition) is 2. The summed E-state index contributed by atoms with van der Waals surface area (Å²) in [5.41, 5.74) is -2.30. The van der Waals surface area contributed by atoms with Crippen LogP contribution in [0.2, 0.25) is 0 Å². The molecule has 8 heteroatoms. The molecule has 0 fully saturated rings. The van der Waals surface area contributed by atoms with E-state index in [1.165, 1.54) is 13.8 Å². The van der Waals surface area contributed by atoms with Crippen LogP contribution in [-0.2, 0) is 20.7 Å². The van der Waals surface area contributed by atoms with Gasteiger partial charge in [0.05, 0.1) is 13.2 Å². The average Bonchev–Trinajstić information content (AvgIpc) is 2.53. The Kier molecular flexibility index (Phi) is 7.21. The van der Waals surface area contributed by atoms with E-state index in [0.29, 0.717) is 6.42 Å². The van der Waals surface area contributed by atoms with Crippen LogP contribution >= 0.6 is 0 Å². The van der Waals surface area contributed by atoms with Crippen molar-refractivity contribution in [2.75, 3.05) is 13.2 Å². The molecule has 0 aliphatic heterocycles. The standard InChI is InChI=1S/C16H21F3N2O3/c1-3-13(22)21-15(16(17,18)19,14(23)24-4-2)20-11-10-12-8-6-5-7-9-12/h5-9,20H,3-4,10-11H2,1-2H3,(H,21,22)/p+1/t15-/m1/s1. The maximum absolute atomic E-state index is 13.6. The molecule has 1 aromatic carbocycles. The van der Waals surface area contributed by atoms with Crippen molar-refractivity contribution in [1.29, 1.82) is 0 Å². The molecule has 0 saturated heterocycles. The Bertz CT molecular complexity index is 549. The van der Waals surface area contributed by atoms with Gasteiger partial charge in [-0.2, -0.15) is 13.2 Å². The van der Waals surface area contributed by atoms with E-state index in [0.717, 1.165) is 10.9 Å². The minimum absolute atomic E-state index is 0.0493. The fourth-order valence-electron chi connectivity index (χ4n) is 2.14. The molecule has 1 atom stereocenters. The number of amides is 1. The minimum Gasteiger partial charge on any atom is -0.460 e. The number of nitrogens with two attached hydrogens (primary N) is 1. The first-order valence-electron chi connectivity index (χ1n) is 7.70. The molecule has 0 aliphatic rings. The van der Waals surface area contributed by atoms with E-state index in [-0.39, 0.29) is 19.6 Å². The van der Waals surface area contributed by atoms with Gasteiger partial charge in [0, 0.05) is 12.8 Å². The second kappa shape index (κ2) is 8.68. The lowest BCUT2D eigenvalue weighted by atomic mass is 10.1. The molecular formula is C16H22F3N2O3+. The number of benzene rings is 1. The number of alkyl halides is 3. The molecule has 0 aromatic heterocycles. The van der Waals surface area contributed by atoms with Crippen molar-refractivity contribution in [3.8, 4) is 0 Å². The molecule has 5 nitrogen and oxygen atoms in total. The van der Waals surface area contributed by atoms with Crippen LogP contribution in [0, 0.1) is 0 Å². The summed E-state index contributed by atoms with van der Waals surface area (Å²) in [4.78, 5) is 23.6. The number of carbonyl (C=O) groups is 2. The molecule has 0 bridgehead atoms. The SMILES string of the molecule is CCOC(=O)[C@](NC(=O)CC)([NH2+]CCc1ccccc1)C(F)(F)F. The topological polar surface area (TPSA) is 72.0 Å². The molecule has 3 N–H and O–H groups in total. The third-order valence-corrected chi connectivity index (χ3v) is 3.43. The van der Waals surface area contributed by atoms with Crippen LogP contribution in [0.1, 0.15) is 25.8 Å². The highest BCUT2D eigenvalue weighted by molar-refractivity contribution is 5.87. The molecule has 134 valence electrons. The Morgan fingerprint density at radius 3 is 2.29 bits per heavy atom. The molecule has 0 spiro atoms. The summed E-state index contributed by atoms with van der Waals surface area (Å²) in [7, 11) is 0. The number of rotatable bonds is 8. The summed E-state index contributed by atoms with van der Waals surface area (Å²) in [6, 6.07) is 8.90. The number of quaternary nitrogens is 1. The van der Waals surface area contributed by atoms with Gasteiger partial charge in [0.25, 0.3) is 0 Å². The van der Waals surface area contributed by atoms with Crippen LogP contribution in [0.15, 0.2) is 30.3 Å². The van der Waals surface area contributed by atoms with E-state index in [1.54, 1.807) is 35.6 Å². The van der Waals surface area contributed by atoms with Gasteiger partial charge in [-0.15, -0.1) is 0 Å². The molecule has 0 unspecified atom stereocenters. The first kappa shape index (κ1) is 20.0. The van der Waals surface area contributed by atoms with Crippen LogP contribution in [-0.4, -0.2) is 36.9 Å². The minimum atomic E-state index is -5.00. The zero-order chi connectivity index (χ0) is 18.2. The van der Waals surface area contributed by atoms with Crippen LogP contribution in [0.25, 0.3) is 0 Å². The van der Waals surface area contributed by atoms with E-state index in [2.05, 4.69) is 4.74 Å². The van der Waals surface area contributed by atoms with E-state index in [4.69, 9.17) is 0 Å². The fraction of sp³-hybridized carbons (Fsp3) is 0.500. The van der Waals surface area contributed by atoms with E-state index in [1.807, 2.05) is 0 Å². The van der Waals surface area contributed by atoms with Crippen molar-refractivity contribution in [2.45, 2.75) is 38.5 Å². The zero-order valence-corrected chi connectivity index (χ0v) is 13.7. The highest BCUT2D eigenvalue weighted by atomic mass is 19.4. The summed E-state index contributed by atoms with van der Waals surface area (Å²) >= 11 is 0. The highest BCUT2D eigenvalue weighted by Gasteiger charge is 2.67. The van der Waals surface area contributed by atoms with E-state index in [9.17, 15) is 22.8 Å². The monoisotopic (exact) mass is 347 g/mol. The third-order valence-electron chi connectivity index (χ3n) is 3.43. The maximum Gasteiger partial charge on any atom is 0.478 e. The Morgan fingerprint density at radius 1 is 1.17 bits per heavy atom. The molecule has 1 aromatic rings. The second-order valence-electron chi connectivity index (χ2n) is 5.16. The zero-order valence-electron chi connectivity index (χ0n) is 13.7. The van der Waals surface area contributed by atoms with Crippen molar-refractivity contribution in [1.82, 2.24) is 5.32 Å². The van der Waals surface area contributed by atoms with Crippen LogP contribution in [0.4, 0.5) is 13.2 Å². The Morgan fingerprint density at radius 2 is 1.79 bits per heavy atom. The number of halogens is 3. The fourth-order valence-corrected chi connectivity index (χ4v) is 2.14. The van der Waals surface area contributed by atoms with Gasteiger partial charge in [-0.3, -0.25) is 10.1 Å². The summed E-state index contributed by atoms with van der Waals surface area (Å²) < 4.78 is 45.5. The van der Waals surface area contributed by atoms with Gasteiger partial charge in [-0.25, -0.2) is 4.79 Å². The molecular weight excluding hydrogens is 325 g/mol. The molecule has 0 heterocycles. The van der Waals surface area contributed by atoms with Crippen molar-refractivity contribution >= 4 is 11.9 Å². The van der Waals surface area contributed by atoms with Gasteiger partial charge in [-0.05, 0) is 12.5 Å². The quantitative estimate of drug-likeness (QED) is 0.547. The number of ether oxygens (including phenoxy) is 1. The molecule has 0 aliphatic carbocycles. The van der Waals surface area contributed by atoms with Crippen LogP contribution in [0.3, 0.4) is 0 Å². The molecule has 0 saturated carbocycles. The van der Waals surface area contributed by atoms with Crippen molar-refractivity contribution in [3.05, 3.63) is 35.9 Å². The summed E-state index contributed by atoms with van der Waals surface area (Å²) in [6.45, 7) is 2.55. The van der Waals surface area contributed by atoms with Crippen molar-refractivity contribution in [2.24, 2.45) is 0 Å². The van der Waals surface area contributed by atoms with Crippen molar-refractivity contribution < 1.29 is 32.8 Å². The number of nitrogens with one attached hydrogen (secondary N) is 1. The number of carbonyl (C=O) groups excluding carboxylic acids is 2. The Hall–Kier alpha value is -2.09. The first-order valence-corrected chi connectivity index (χ1v) is 7.70. The van der Waals surface area contributed by atoms with Crippen molar-refractivity contribution in [3.63, 3.8) is 0 Å². The molecule has 0 radical (unpaired) electrons. The van der Waals surface area contributed by atoms with E-state index < -0.39 is 23.7 Å². The number of esters is 1. The van der Waals surface area contributed by atoms with Gasteiger partial charge in [0.1, 0.15) is 0 Å². The Balaban J connectivity index is 3.00. The molecule has 1 rings (SSSR count). The first-order chi connectivity index (χ1) is 11.3. The summed E-state index contributed by atoms with van der Waals surface area (Å²) in [5, 5.41) is 2.58. The normalized spacial score (nSPS) is 13.9. The lowest BCUT2D eigenvalue weighted by molar-refractivity contribution is -0.743. The smallest absolute Gasteiger partial charge is 0.460 e. The summed E-state index contributed by atoms with van der Waals surface area (Å²) in [5.74, 6) is -2.40. The van der Waals surface area contributed by atoms with Gasteiger partial charge < -0.3 is 10.1 Å². The number of hydrogen-bond acceptors (Lipinski definition) is 3. The lowest BCUT2D eigenvalue weighted by Gasteiger charge is -2.31. The second-order valence-corrected chi connectivity index (χ2v) is 5.16. The predicted molar refractivity (Wildman–Crippen MR) is 80.8 cm³/mol. The van der Waals surface area contributed by atoms with Crippen LogP contribution < -0.4 is 10.6 Å².